The fourth-order valence-electron chi connectivity index (χ4n) is 2.88. The largest absolute Gasteiger partial charge is 0.300 e. The summed E-state index contributed by atoms with van der Waals surface area (Å²) in [6.07, 6.45) is 8.45. The minimum atomic E-state index is 0.801. The van der Waals surface area contributed by atoms with Crippen LogP contribution in [0.2, 0.25) is 0 Å². The molecule has 96 valence electrons. The van der Waals surface area contributed by atoms with Crippen molar-refractivity contribution in [3.63, 3.8) is 0 Å². The summed E-state index contributed by atoms with van der Waals surface area (Å²) in [7, 11) is 0. The molecule has 0 saturated carbocycles. The lowest BCUT2D eigenvalue weighted by molar-refractivity contribution is 0.0738. The number of unbranched alkanes of at least 4 members (excludes halogenated alkanes) is 4. The molecular formula is C15H31N. The van der Waals surface area contributed by atoms with E-state index in [1.54, 1.807) is 0 Å². The first-order valence-electron chi connectivity index (χ1n) is 7.40. The normalized spacial score (nSPS) is 31.9. The number of hydrogen-bond donors (Lipinski definition) is 0. The molecule has 0 radical (unpaired) electrons. The molecule has 0 N–H and O–H groups in total. The summed E-state index contributed by atoms with van der Waals surface area (Å²) in [5, 5.41) is 0. The Hall–Kier alpha value is -0.0400. The van der Waals surface area contributed by atoms with E-state index in [0.29, 0.717) is 0 Å². The van der Waals surface area contributed by atoms with Crippen molar-refractivity contribution in [3.05, 3.63) is 0 Å². The van der Waals surface area contributed by atoms with Crippen LogP contribution in [0.4, 0.5) is 0 Å². The van der Waals surface area contributed by atoms with Gasteiger partial charge in [0.2, 0.25) is 0 Å². The summed E-state index contributed by atoms with van der Waals surface area (Å²) in [4.78, 5) is 2.72. The van der Waals surface area contributed by atoms with Crippen LogP contribution in [0, 0.1) is 11.8 Å². The molecule has 0 aromatic rings. The second kappa shape index (κ2) is 7.32. The topological polar surface area (TPSA) is 3.24 Å². The highest BCUT2D eigenvalue weighted by atomic mass is 15.2. The van der Waals surface area contributed by atoms with Gasteiger partial charge in [-0.3, -0.25) is 0 Å². The number of likely N-dealkylation sites (tertiary alicyclic amines) is 1. The Morgan fingerprint density at radius 3 is 2.38 bits per heavy atom. The number of nitrogens with zero attached hydrogens (tertiary/aromatic N) is 1. The molecule has 0 spiro atoms. The average molecular weight is 225 g/mol. The molecule has 1 heterocycles. The van der Waals surface area contributed by atoms with E-state index in [-0.39, 0.29) is 0 Å². The van der Waals surface area contributed by atoms with Crippen LogP contribution in [-0.4, -0.2) is 24.0 Å². The van der Waals surface area contributed by atoms with E-state index in [1.807, 2.05) is 0 Å². The van der Waals surface area contributed by atoms with Gasteiger partial charge in [-0.15, -0.1) is 0 Å². The lowest BCUT2D eigenvalue weighted by Gasteiger charge is -2.41. The highest BCUT2D eigenvalue weighted by molar-refractivity contribution is 4.82. The molecule has 1 rings (SSSR count). The molecule has 1 saturated heterocycles. The molecule has 0 aromatic carbocycles. The molecule has 16 heavy (non-hydrogen) atoms. The van der Waals surface area contributed by atoms with Crippen molar-refractivity contribution in [1.29, 1.82) is 0 Å². The quantitative estimate of drug-likeness (QED) is 0.608. The molecule has 0 aliphatic carbocycles. The molecular weight excluding hydrogens is 194 g/mol. The lowest BCUT2D eigenvalue weighted by Crippen LogP contribution is -2.46. The van der Waals surface area contributed by atoms with Crippen LogP contribution in [0.1, 0.15) is 66.2 Å². The maximum absolute atomic E-state index is 2.72. The summed E-state index contributed by atoms with van der Waals surface area (Å²) < 4.78 is 0. The van der Waals surface area contributed by atoms with Crippen LogP contribution < -0.4 is 0 Å². The molecule has 1 aliphatic rings. The third-order valence-corrected chi connectivity index (χ3v) is 4.65. The van der Waals surface area contributed by atoms with Crippen molar-refractivity contribution >= 4 is 0 Å². The zero-order chi connectivity index (χ0) is 12.0. The number of piperidine rings is 1. The first-order valence-corrected chi connectivity index (χ1v) is 7.40. The van der Waals surface area contributed by atoms with Crippen LogP contribution in [-0.2, 0) is 0 Å². The van der Waals surface area contributed by atoms with Gasteiger partial charge in [-0.05, 0) is 44.7 Å². The zero-order valence-corrected chi connectivity index (χ0v) is 11.8. The van der Waals surface area contributed by atoms with Crippen molar-refractivity contribution in [1.82, 2.24) is 4.90 Å². The molecule has 1 fully saturated rings. The van der Waals surface area contributed by atoms with Crippen LogP contribution in [0.5, 0.6) is 0 Å². The maximum Gasteiger partial charge on any atom is 0.00951 e. The van der Waals surface area contributed by atoms with E-state index in [4.69, 9.17) is 0 Å². The number of hydrogen-bond acceptors (Lipinski definition) is 1. The standard InChI is InChI=1S/C15H31N/c1-5-6-7-8-9-11-16-12-10-13(2)14(3)15(16)4/h13-15H,5-12H2,1-4H3. The van der Waals surface area contributed by atoms with Gasteiger partial charge >= 0.3 is 0 Å². The van der Waals surface area contributed by atoms with Gasteiger partial charge < -0.3 is 4.90 Å². The first-order chi connectivity index (χ1) is 7.66. The summed E-state index contributed by atoms with van der Waals surface area (Å²) in [6.45, 7) is 12.2. The minimum Gasteiger partial charge on any atom is -0.300 e. The van der Waals surface area contributed by atoms with E-state index in [1.165, 1.54) is 51.6 Å². The smallest absolute Gasteiger partial charge is 0.00951 e. The maximum atomic E-state index is 2.72. The van der Waals surface area contributed by atoms with Crippen molar-refractivity contribution in [2.24, 2.45) is 11.8 Å². The van der Waals surface area contributed by atoms with Crippen LogP contribution in [0.25, 0.3) is 0 Å². The fraction of sp³-hybridized carbons (Fsp3) is 1.00. The van der Waals surface area contributed by atoms with Crippen molar-refractivity contribution in [3.8, 4) is 0 Å². The van der Waals surface area contributed by atoms with Gasteiger partial charge in [-0.1, -0.05) is 46.5 Å². The molecule has 1 heteroatoms. The number of rotatable bonds is 6. The Labute approximate surface area is 103 Å². The van der Waals surface area contributed by atoms with E-state index in [2.05, 4.69) is 32.6 Å². The predicted molar refractivity (Wildman–Crippen MR) is 72.7 cm³/mol. The Morgan fingerprint density at radius 1 is 1.00 bits per heavy atom. The van der Waals surface area contributed by atoms with Crippen molar-refractivity contribution in [2.45, 2.75) is 72.3 Å². The average Bonchev–Trinajstić information content (AvgIpc) is 2.28. The third-order valence-electron chi connectivity index (χ3n) is 4.65. The Morgan fingerprint density at radius 2 is 1.69 bits per heavy atom. The van der Waals surface area contributed by atoms with Gasteiger partial charge in [0.05, 0.1) is 0 Å². The summed E-state index contributed by atoms with van der Waals surface area (Å²) in [6, 6.07) is 0.801. The van der Waals surface area contributed by atoms with Gasteiger partial charge in [0, 0.05) is 6.04 Å². The van der Waals surface area contributed by atoms with Crippen molar-refractivity contribution < 1.29 is 0 Å². The lowest BCUT2D eigenvalue weighted by atomic mass is 9.83. The Balaban J connectivity index is 2.16. The van der Waals surface area contributed by atoms with Crippen LogP contribution in [0.3, 0.4) is 0 Å². The molecule has 3 unspecified atom stereocenters. The second-order valence-corrected chi connectivity index (χ2v) is 5.82. The Kier molecular flexibility index (Phi) is 6.41. The highest BCUT2D eigenvalue weighted by Gasteiger charge is 2.28. The van der Waals surface area contributed by atoms with E-state index < -0.39 is 0 Å². The SMILES string of the molecule is CCCCCCCN1CCC(C)C(C)C1C. The van der Waals surface area contributed by atoms with Gasteiger partial charge in [-0.25, -0.2) is 0 Å². The molecule has 0 bridgehead atoms. The highest BCUT2D eigenvalue weighted by Crippen LogP contribution is 2.28. The van der Waals surface area contributed by atoms with E-state index in [0.717, 1.165) is 17.9 Å². The molecule has 1 nitrogen and oxygen atoms in total. The minimum absolute atomic E-state index is 0.801. The predicted octanol–water partition coefficient (Wildman–Crippen LogP) is 4.32. The first kappa shape index (κ1) is 14.0. The van der Waals surface area contributed by atoms with Crippen molar-refractivity contribution in [2.75, 3.05) is 13.1 Å². The van der Waals surface area contributed by atoms with E-state index in [9.17, 15) is 0 Å². The van der Waals surface area contributed by atoms with Gasteiger partial charge in [0.25, 0.3) is 0 Å². The second-order valence-electron chi connectivity index (χ2n) is 5.82. The third kappa shape index (κ3) is 4.08. The zero-order valence-electron chi connectivity index (χ0n) is 11.8. The fourth-order valence-corrected chi connectivity index (χ4v) is 2.88. The monoisotopic (exact) mass is 225 g/mol. The van der Waals surface area contributed by atoms with E-state index >= 15 is 0 Å². The Bertz CT molecular complexity index is 178. The van der Waals surface area contributed by atoms with Gasteiger partial charge in [-0.2, -0.15) is 0 Å². The summed E-state index contributed by atoms with van der Waals surface area (Å²) >= 11 is 0. The molecule has 3 atom stereocenters. The summed E-state index contributed by atoms with van der Waals surface area (Å²) in [5.74, 6) is 1.80. The van der Waals surface area contributed by atoms with Crippen LogP contribution in [0.15, 0.2) is 0 Å². The summed E-state index contributed by atoms with van der Waals surface area (Å²) in [5.41, 5.74) is 0. The van der Waals surface area contributed by atoms with Crippen LogP contribution >= 0.6 is 0 Å². The van der Waals surface area contributed by atoms with Gasteiger partial charge in [0.1, 0.15) is 0 Å². The van der Waals surface area contributed by atoms with Gasteiger partial charge in [0.15, 0.2) is 0 Å². The molecule has 1 aliphatic heterocycles. The molecule has 0 amide bonds. The molecule has 0 aromatic heterocycles.